The van der Waals surface area contributed by atoms with Crippen LogP contribution < -0.4 is 11.1 Å². The van der Waals surface area contributed by atoms with Crippen molar-refractivity contribution in [1.29, 1.82) is 0 Å². The maximum atomic E-state index is 14.2. The molecule has 5 nitrogen and oxygen atoms in total. The molecule has 132 valence electrons. The minimum absolute atomic E-state index is 0.164. The normalized spacial score (nSPS) is 10.5. The van der Waals surface area contributed by atoms with E-state index in [-0.39, 0.29) is 16.5 Å². The van der Waals surface area contributed by atoms with Gasteiger partial charge in [-0.25, -0.2) is 27.1 Å². The maximum absolute atomic E-state index is 14.2. The number of hydrogen-bond donors (Lipinski definition) is 0. The molecule has 0 amide bonds. The first-order chi connectivity index (χ1) is 11.8. The van der Waals surface area contributed by atoms with Crippen LogP contribution in [0.25, 0.3) is 11.5 Å². The van der Waals surface area contributed by atoms with Crippen molar-refractivity contribution in [2.75, 3.05) is 6.93 Å². The molecule has 0 N–H and O–H groups in total. The van der Waals surface area contributed by atoms with Crippen LogP contribution in [0.5, 0.6) is 0 Å². The molecule has 0 aliphatic heterocycles. The van der Waals surface area contributed by atoms with Gasteiger partial charge >= 0.3 is 0 Å². The molecule has 0 saturated heterocycles. The fourth-order valence-corrected chi connectivity index (χ4v) is 2.28. The van der Waals surface area contributed by atoms with E-state index >= 15 is 0 Å². The van der Waals surface area contributed by atoms with Gasteiger partial charge in [0.25, 0.3) is 11.1 Å². The van der Waals surface area contributed by atoms with Gasteiger partial charge in [-0.1, -0.05) is 11.6 Å². The zero-order valence-electron chi connectivity index (χ0n) is 12.6. The van der Waals surface area contributed by atoms with E-state index in [1.54, 1.807) is 6.92 Å². The smallest absolute Gasteiger partial charge is 0.262 e. The summed E-state index contributed by atoms with van der Waals surface area (Å²) in [5.41, 5.74) is -1.22. The topological polar surface area (TPSA) is 56.4 Å². The Hall–Kier alpha value is -2.68. The standard InChI is InChI=1S/C14H8ClF2N3O2.CH2F2/c1-7-4-10(9(16)5-8(7)15)19-13(22)6-11(17)20-12(21)2-3-18-14(19)20;2-1-3/h2-6H,1H3;1H2. The van der Waals surface area contributed by atoms with Crippen LogP contribution in [0.15, 0.2) is 40.1 Å². The lowest BCUT2D eigenvalue weighted by Gasteiger charge is -2.12. The lowest BCUT2D eigenvalue weighted by molar-refractivity contribution is 0.295. The van der Waals surface area contributed by atoms with Crippen molar-refractivity contribution >= 4 is 17.4 Å². The van der Waals surface area contributed by atoms with Crippen molar-refractivity contribution in [1.82, 2.24) is 14.0 Å². The van der Waals surface area contributed by atoms with Crippen molar-refractivity contribution in [3.8, 4) is 5.69 Å². The lowest BCUT2D eigenvalue weighted by Crippen LogP contribution is -2.28. The first-order valence-corrected chi connectivity index (χ1v) is 7.07. The molecule has 0 atom stereocenters. The quantitative estimate of drug-likeness (QED) is 0.485. The molecule has 0 aliphatic carbocycles. The van der Waals surface area contributed by atoms with Crippen LogP contribution in [0.1, 0.15) is 5.56 Å². The molecule has 3 rings (SSSR count). The summed E-state index contributed by atoms with van der Waals surface area (Å²) in [6.07, 6.45) is 1.12. The zero-order chi connectivity index (χ0) is 18.7. The molecule has 0 aliphatic rings. The van der Waals surface area contributed by atoms with Gasteiger partial charge in [-0.3, -0.25) is 9.59 Å². The molecular weight excluding hydrogens is 366 g/mol. The number of aryl methyl sites for hydroxylation is 1. The Morgan fingerprint density at radius 2 is 1.76 bits per heavy atom. The fraction of sp³-hybridized carbons (Fsp3) is 0.133. The Labute approximate surface area is 142 Å². The van der Waals surface area contributed by atoms with Crippen molar-refractivity contribution in [2.24, 2.45) is 0 Å². The lowest BCUT2D eigenvalue weighted by atomic mass is 10.2. The second-order valence-electron chi connectivity index (χ2n) is 4.71. The molecule has 25 heavy (non-hydrogen) atoms. The molecule has 0 spiro atoms. The molecule has 2 aromatic heterocycles. The third-order valence-corrected chi connectivity index (χ3v) is 3.58. The van der Waals surface area contributed by atoms with Gasteiger partial charge in [0.2, 0.25) is 18.7 Å². The van der Waals surface area contributed by atoms with Crippen molar-refractivity contribution < 1.29 is 17.6 Å². The van der Waals surface area contributed by atoms with Gasteiger partial charge in [0.15, 0.2) is 0 Å². The number of nitrogens with zero attached hydrogens (tertiary/aromatic N) is 3. The van der Waals surface area contributed by atoms with Gasteiger partial charge in [0.1, 0.15) is 5.82 Å². The van der Waals surface area contributed by atoms with Gasteiger partial charge in [0, 0.05) is 17.3 Å². The maximum Gasteiger partial charge on any atom is 0.262 e. The van der Waals surface area contributed by atoms with Gasteiger partial charge in [-0.2, -0.15) is 4.39 Å². The molecule has 10 heteroatoms. The summed E-state index contributed by atoms with van der Waals surface area (Å²) in [7, 11) is 0. The van der Waals surface area contributed by atoms with Crippen LogP contribution in [0.4, 0.5) is 17.6 Å². The highest BCUT2D eigenvalue weighted by molar-refractivity contribution is 6.31. The summed E-state index contributed by atoms with van der Waals surface area (Å²) in [5, 5.41) is 0.186. The van der Waals surface area contributed by atoms with Crippen molar-refractivity contribution in [3.05, 3.63) is 73.5 Å². The Balaban J connectivity index is 0.000000701. The highest BCUT2D eigenvalue weighted by Gasteiger charge is 2.16. The summed E-state index contributed by atoms with van der Waals surface area (Å²) >= 11 is 5.82. The third kappa shape index (κ3) is 3.55. The van der Waals surface area contributed by atoms with E-state index in [4.69, 9.17) is 11.6 Å². The average molecular weight is 376 g/mol. The van der Waals surface area contributed by atoms with E-state index < -0.39 is 29.8 Å². The SMILES string of the molecule is Cc1cc(-n2c(=O)cc(F)n3c(=O)ccnc23)c(F)cc1Cl.FCF. The Bertz CT molecular complexity index is 1050. The number of aromatic nitrogens is 3. The predicted molar refractivity (Wildman–Crippen MR) is 83.8 cm³/mol. The van der Waals surface area contributed by atoms with Crippen LogP contribution in [-0.2, 0) is 0 Å². The molecule has 0 fully saturated rings. The summed E-state index contributed by atoms with van der Waals surface area (Å²) in [6, 6.07) is 4.00. The Morgan fingerprint density at radius 1 is 1.12 bits per heavy atom. The molecule has 3 aromatic rings. The summed E-state index contributed by atoms with van der Waals surface area (Å²) < 4.78 is 48.7. The summed E-state index contributed by atoms with van der Waals surface area (Å²) in [6.45, 7) is -0.123. The second-order valence-corrected chi connectivity index (χ2v) is 5.12. The van der Waals surface area contributed by atoms with E-state index in [0.717, 1.165) is 22.9 Å². The van der Waals surface area contributed by atoms with Crippen molar-refractivity contribution in [3.63, 3.8) is 0 Å². The minimum atomic E-state index is -1.75. The molecule has 0 radical (unpaired) electrons. The molecule has 0 unspecified atom stereocenters. The van der Waals surface area contributed by atoms with Gasteiger partial charge in [-0.15, -0.1) is 0 Å². The summed E-state index contributed by atoms with van der Waals surface area (Å²) in [4.78, 5) is 27.7. The molecular formula is C15H10ClF4N3O2. The number of benzene rings is 1. The summed E-state index contributed by atoms with van der Waals surface area (Å²) in [5.74, 6) is -2.18. The second kappa shape index (κ2) is 7.47. The van der Waals surface area contributed by atoms with Gasteiger partial charge in [0.05, 0.1) is 11.8 Å². The number of hydrogen-bond acceptors (Lipinski definition) is 3. The minimum Gasteiger partial charge on any atom is -0.269 e. The van der Waals surface area contributed by atoms with Crippen molar-refractivity contribution in [2.45, 2.75) is 6.92 Å². The van der Waals surface area contributed by atoms with E-state index in [1.807, 2.05) is 0 Å². The number of fused-ring (bicyclic) bond motifs is 1. The van der Waals surface area contributed by atoms with Gasteiger partial charge in [-0.05, 0) is 24.6 Å². The largest absolute Gasteiger partial charge is 0.269 e. The van der Waals surface area contributed by atoms with Crippen LogP contribution in [0, 0.1) is 18.7 Å². The Morgan fingerprint density at radius 3 is 2.40 bits per heavy atom. The third-order valence-electron chi connectivity index (χ3n) is 3.17. The fourth-order valence-electron chi connectivity index (χ4n) is 2.13. The first kappa shape index (κ1) is 18.7. The monoisotopic (exact) mass is 375 g/mol. The average Bonchev–Trinajstić information content (AvgIpc) is 2.52. The molecule has 0 saturated carbocycles. The van der Waals surface area contributed by atoms with Crippen LogP contribution in [0.2, 0.25) is 5.02 Å². The molecule has 2 heterocycles. The van der Waals surface area contributed by atoms with Gasteiger partial charge < -0.3 is 0 Å². The molecule has 0 bridgehead atoms. The predicted octanol–water partition coefficient (Wildman–Crippen LogP) is 2.97. The molecule has 1 aromatic carbocycles. The van der Waals surface area contributed by atoms with Crippen LogP contribution in [-0.4, -0.2) is 20.9 Å². The highest BCUT2D eigenvalue weighted by Crippen LogP contribution is 2.22. The van der Waals surface area contributed by atoms with Crippen LogP contribution in [0.3, 0.4) is 0 Å². The van der Waals surface area contributed by atoms with E-state index in [9.17, 15) is 27.2 Å². The number of halogens is 5. The van der Waals surface area contributed by atoms with E-state index in [1.165, 1.54) is 6.07 Å². The first-order valence-electron chi connectivity index (χ1n) is 6.69. The van der Waals surface area contributed by atoms with E-state index in [0.29, 0.717) is 16.0 Å². The highest BCUT2D eigenvalue weighted by atomic mass is 35.5. The Kier molecular flexibility index (Phi) is 5.58. The zero-order valence-corrected chi connectivity index (χ0v) is 13.4. The van der Waals surface area contributed by atoms with E-state index in [2.05, 4.69) is 4.98 Å². The van der Waals surface area contributed by atoms with Crippen LogP contribution >= 0.6 is 11.6 Å². The number of alkyl halides is 2. The number of rotatable bonds is 1.